The topological polar surface area (TPSA) is 72.2 Å². The van der Waals surface area contributed by atoms with E-state index in [1.807, 2.05) is 13.0 Å². The highest BCUT2D eigenvalue weighted by Crippen LogP contribution is 2.36. The van der Waals surface area contributed by atoms with Crippen LogP contribution in [-0.4, -0.2) is 16.7 Å². The predicted molar refractivity (Wildman–Crippen MR) is 88.8 cm³/mol. The number of ketones is 1. The average molecular weight is 310 g/mol. The van der Waals surface area contributed by atoms with E-state index in [4.69, 9.17) is 0 Å². The molecule has 0 aromatic heterocycles. The summed E-state index contributed by atoms with van der Waals surface area (Å²) in [7, 11) is 0. The van der Waals surface area contributed by atoms with Crippen LogP contribution in [0.3, 0.4) is 0 Å². The Kier molecular flexibility index (Phi) is 4.10. The van der Waals surface area contributed by atoms with Crippen LogP contribution >= 0.6 is 0 Å². The molecule has 0 radical (unpaired) electrons. The molecule has 0 amide bonds. The number of nitrogens with zero attached hydrogens (tertiary/aromatic N) is 1. The monoisotopic (exact) mass is 310 g/mol. The largest absolute Gasteiger partial charge is 0.377 e. The highest BCUT2D eigenvalue weighted by Gasteiger charge is 2.29. The molecule has 1 fully saturated rings. The fourth-order valence-corrected chi connectivity index (χ4v) is 2.66. The standard InChI is InChI=1S/C18H18N2O3/c1-12(13-7-8-13)19-16-10-9-15(11-17(16)20(22)23)18(21)14-5-3-2-4-6-14/h2-6,9-13,19H,7-8H2,1H3/t12-/m1/s1. The molecule has 0 aliphatic heterocycles. The van der Waals surface area contributed by atoms with Gasteiger partial charge in [-0.1, -0.05) is 30.3 Å². The van der Waals surface area contributed by atoms with E-state index in [1.165, 1.54) is 6.07 Å². The Hall–Kier alpha value is -2.69. The maximum absolute atomic E-state index is 12.4. The Bertz CT molecular complexity index is 739. The minimum Gasteiger partial charge on any atom is -0.377 e. The van der Waals surface area contributed by atoms with Gasteiger partial charge in [-0.25, -0.2) is 0 Å². The number of nitrogens with one attached hydrogen (secondary N) is 1. The van der Waals surface area contributed by atoms with Gasteiger partial charge in [0.05, 0.1) is 4.92 Å². The van der Waals surface area contributed by atoms with Crippen LogP contribution in [0.1, 0.15) is 35.7 Å². The second kappa shape index (κ2) is 6.20. The molecule has 1 aliphatic rings. The van der Waals surface area contributed by atoms with Gasteiger partial charge in [0.2, 0.25) is 0 Å². The zero-order valence-corrected chi connectivity index (χ0v) is 12.9. The van der Waals surface area contributed by atoms with Crippen LogP contribution in [0.25, 0.3) is 0 Å². The van der Waals surface area contributed by atoms with Crippen LogP contribution in [-0.2, 0) is 0 Å². The highest BCUT2D eigenvalue weighted by atomic mass is 16.6. The van der Waals surface area contributed by atoms with Crippen molar-refractivity contribution in [1.82, 2.24) is 0 Å². The van der Waals surface area contributed by atoms with E-state index in [1.54, 1.807) is 36.4 Å². The molecule has 5 heteroatoms. The van der Waals surface area contributed by atoms with Crippen molar-refractivity contribution in [3.63, 3.8) is 0 Å². The molecular formula is C18H18N2O3. The normalized spacial score (nSPS) is 15.0. The van der Waals surface area contributed by atoms with Crippen molar-refractivity contribution >= 4 is 17.2 Å². The van der Waals surface area contributed by atoms with E-state index < -0.39 is 4.92 Å². The quantitative estimate of drug-likeness (QED) is 0.496. The molecule has 3 rings (SSSR count). The van der Waals surface area contributed by atoms with Gasteiger partial charge in [0.15, 0.2) is 5.78 Å². The van der Waals surface area contributed by atoms with Crippen LogP contribution < -0.4 is 5.32 Å². The molecule has 2 aromatic rings. The van der Waals surface area contributed by atoms with E-state index in [2.05, 4.69) is 5.32 Å². The summed E-state index contributed by atoms with van der Waals surface area (Å²) in [6.45, 7) is 2.03. The fraction of sp³-hybridized carbons (Fsp3) is 0.278. The molecule has 1 aliphatic carbocycles. The summed E-state index contributed by atoms with van der Waals surface area (Å²) in [6.07, 6.45) is 2.32. The van der Waals surface area contributed by atoms with Gasteiger partial charge >= 0.3 is 0 Å². The lowest BCUT2D eigenvalue weighted by Crippen LogP contribution is -2.18. The number of nitro benzene ring substituents is 1. The number of carbonyl (C=O) groups excluding carboxylic acids is 1. The Morgan fingerprint density at radius 3 is 2.48 bits per heavy atom. The first-order valence-corrected chi connectivity index (χ1v) is 7.71. The number of benzene rings is 2. The zero-order chi connectivity index (χ0) is 16.4. The highest BCUT2D eigenvalue weighted by molar-refractivity contribution is 6.09. The van der Waals surface area contributed by atoms with E-state index in [-0.39, 0.29) is 17.5 Å². The molecule has 0 heterocycles. The van der Waals surface area contributed by atoms with Crippen LogP contribution in [0.5, 0.6) is 0 Å². The van der Waals surface area contributed by atoms with E-state index in [0.29, 0.717) is 22.7 Å². The Morgan fingerprint density at radius 1 is 1.17 bits per heavy atom. The average Bonchev–Trinajstić information content (AvgIpc) is 3.40. The SMILES string of the molecule is C[C@@H](Nc1ccc(C(=O)c2ccccc2)cc1[N+](=O)[O-])C1CC1. The summed E-state index contributed by atoms with van der Waals surface area (Å²) in [5.74, 6) is 0.371. The smallest absolute Gasteiger partial charge is 0.293 e. The summed E-state index contributed by atoms with van der Waals surface area (Å²) >= 11 is 0. The second-order valence-corrected chi connectivity index (χ2v) is 5.95. The molecule has 1 N–H and O–H groups in total. The summed E-state index contributed by atoms with van der Waals surface area (Å²) < 4.78 is 0. The van der Waals surface area contributed by atoms with E-state index in [9.17, 15) is 14.9 Å². The minimum atomic E-state index is -0.441. The molecule has 1 atom stereocenters. The lowest BCUT2D eigenvalue weighted by Gasteiger charge is -2.14. The van der Waals surface area contributed by atoms with Crippen molar-refractivity contribution in [3.05, 3.63) is 69.8 Å². The molecule has 5 nitrogen and oxygen atoms in total. The van der Waals surface area contributed by atoms with Gasteiger partial charge in [-0.05, 0) is 37.8 Å². The van der Waals surface area contributed by atoms with E-state index in [0.717, 1.165) is 12.8 Å². The first-order chi connectivity index (χ1) is 11.1. The lowest BCUT2D eigenvalue weighted by molar-refractivity contribution is -0.384. The molecule has 0 unspecified atom stereocenters. The number of rotatable bonds is 6. The number of carbonyl (C=O) groups is 1. The van der Waals surface area contributed by atoms with Gasteiger partial charge in [-0.2, -0.15) is 0 Å². The Morgan fingerprint density at radius 2 is 1.87 bits per heavy atom. The van der Waals surface area contributed by atoms with Crippen LogP contribution in [0.15, 0.2) is 48.5 Å². The van der Waals surface area contributed by atoms with Crippen LogP contribution in [0.4, 0.5) is 11.4 Å². The lowest BCUT2D eigenvalue weighted by atomic mass is 10.0. The Balaban J connectivity index is 1.89. The molecule has 0 saturated heterocycles. The van der Waals surface area contributed by atoms with Crippen molar-refractivity contribution in [2.45, 2.75) is 25.8 Å². The molecule has 0 spiro atoms. The molecule has 118 valence electrons. The van der Waals surface area contributed by atoms with Crippen molar-refractivity contribution < 1.29 is 9.72 Å². The van der Waals surface area contributed by atoms with Gasteiger partial charge < -0.3 is 5.32 Å². The molecule has 2 aromatic carbocycles. The van der Waals surface area contributed by atoms with Gasteiger partial charge in [0.1, 0.15) is 5.69 Å². The first kappa shape index (κ1) is 15.2. The summed E-state index contributed by atoms with van der Waals surface area (Å²) in [5.41, 5.74) is 1.26. The maximum Gasteiger partial charge on any atom is 0.293 e. The summed E-state index contributed by atoms with van der Waals surface area (Å²) in [4.78, 5) is 23.3. The molecule has 23 heavy (non-hydrogen) atoms. The zero-order valence-electron chi connectivity index (χ0n) is 12.9. The third kappa shape index (κ3) is 3.39. The van der Waals surface area contributed by atoms with Crippen molar-refractivity contribution in [3.8, 4) is 0 Å². The van der Waals surface area contributed by atoms with Crippen LogP contribution in [0, 0.1) is 16.0 Å². The van der Waals surface area contributed by atoms with Gasteiger partial charge in [0.25, 0.3) is 5.69 Å². The molecule has 1 saturated carbocycles. The van der Waals surface area contributed by atoms with Crippen molar-refractivity contribution in [2.75, 3.05) is 5.32 Å². The van der Waals surface area contributed by atoms with Crippen LogP contribution in [0.2, 0.25) is 0 Å². The molecule has 0 bridgehead atoms. The van der Waals surface area contributed by atoms with Crippen molar-refractivity contribution in [2.24, 2.45) is 5.92 Å². The van der Waals surface area contributed by atoms with Gasteiger partial charge in [-0.3, -0.25) is 14.9 Å². The van der Waals surface area contributed by atoms with Gasteiger partial charge in [0, 0.05) is 23.2 Å². The maximum atomic E-state index is 12.4. The fourth-order valence-electron chi connectivity index (χ4n) is 2.66. The molecular weight excluding hydrogens is 292 g/mol. The number of nitro groups is 1. The number of hydrogen-bond acceptors (Lipinski definition) is 4. The first-order valence-electron chi connectivity index (χ1n) is 7.71. The Labute approximate surface area is 134 Å². The third-order valence-corrected chi connectivity index (χ3v) is 4.20. The minimum absolute atomic E-state index is 0.0562. The summed E-state index contributed by atoms with van der Waals surface area (Å²) in [5, 5.41) is 14.6. The predicted octanol–water partition coefficient (Wildman–Crippen LogP) is 4.04. The van der Waals surface area contributed by atoms with Gasteiger partial charge in [-0.15, -0.1) is 0 Å². The summed E-state index contributed by atoms with van der Waals surface area (Å²) in [6, 6.07) is 13.6. The third-order valence-electron chi connectivity index (χ3n) is 4.20. The van der Waals surface area contributed by atoms with Crippen molar-refractivity contribution in [1.29, 1.82) is 0 Å². The van der Waals surface area contributed by atoms with E-state index >= 15 is 0 Å². The number of hydrogen-bond donors (Lipinski definition) is 1. The second-order valence-electron chi connectivity index (χ2n) is 5.95. The number of anilines is 1.